The monoisotopic (exact) mass is 251 g/mol. The van der Waals surface area contributed by atoms with Gasteiger partial charge in [-0.15, -0.1) is 0 Å². The van der Waals surface area contributed by atoms with Crippen molar-refractivity contribution in [3.05, 3.63) is 0 Å². The lowest BCUT2D eigenvalue weighted by atomic mass is 9.93. The van der Waals surface area contributed by atoms with E-state index in [1.165, 1.54) is 6.92 Å². The number of rotatable bonds is 3. The Morgan fingerprint density at radius 2 is 2.12 bits per heavy atom. The maximum Gasteiger partial charge on any atom is 0.306 e. The molecule has 7 nitrogen and oxygen atoms in total. The highest BCUT2D eigenvalue weighted by Crippen LogP contribution is 2.30. The summed E-state index contributed by atoms with van der Waals surface area (Å²) in [5.74, 6) is -3.02. The van der Waals surface area contributed by atoms with E-state index in [1.807, 2.05) is 0 Å². The summed E-state index contributed by atoms with van der Waals surface area (Å²) in [6, 6.07) is 0. The predicted molar refractivity (Wildman–Crippen MR) is 54.8 cm³/mol. The lowest BCUT2D eigenvalue weighted by molar-refractivity contribution is -0.342. The van der Waals surface area contributed by atoms with Crippen LogP contribution in [0.3, 0.4) is 0 Å². The van der Waals surface area contributed by atoms with Crippen LogP contribution in [0.5, 0.6) is 0 Å². The van der Waals surface area contributed by atoms with Gasteiger partial charge >= 0.3 is 5.97 Å². The first-order chi connectivity index (χ1) is 8.20. The maximum absolute atomic E-state index is 11.3. The lowest BCUT2D eigenvalue weighted by Crippen LogP contribution is -2.65. The number of carbonyl (C=O) groups excluding carboxylic acids is 1. The number of hydrogen-bond donors (Lipinski definition) is 4. The van der Waals surface area contributed by atoms with Gasteiger partial charge in [-0.3, -0.25) is 4.79 Å². The molecule has 1 rings (SSSR count). The molecule has 100 valence electrons. The van der Waals surface area contributed by atoms with Gasteiger partial charge in [-0.25, -0.2) is 0 Å². The minimum atomic E-state index is -2.06. The molecule has 1 aliphatic heterocycles. The zero-order chi connectivity index (χ0) is 14.1. The van der Waals surface area contributed by atoms with E-state index in [4.69, 9.17) is 16.0 Å². The van der Waals surface area contributed by atoms with Crippen LogP contribution in [0.1, 0.15) is 21.6 Å². The molecule has 1 aliphatic rings. The molecule has 0 radical (unpaired) electrons. The van der Waals surface area contributed by atoms with Crippen LogP contribution in [-0.2, 0) is 14.3 Å². The maximum atomic E-state index is 11.3. The highest BCUT2D eigenvalue weighted by atomic mass is 16.7. The summed E-state index contributed by atoms with van der Waals surface area (Å²) in [5.41, 5.74) is 0. The van der Waals surface area contributed by atoms with Gasteiger partial charge in [-0.2, -0.15) is 0 Å². The van der Waals surface area contributed by atoms with Gasteiger partial charge in [-0.05, 0) is 6.92 Å². The summed E-state index contributed by atoms with van der Waals surface area (Å²) < 4.78 is 16.8. The average molecular weight is 251 g/mol. The van der Waals surface area contributed by atoms with Crippen LogP contribution in [0.2, 0.25) is 0 Å². The first kappa shape index (κ1) is 12.7. The fourth-order valence-corrected chi connectivity index (χ4v) is 1.68. The average Bonchev–Trinajstić information content (AvgIpc) is 2.29. The second-order valence-corrected chi connectivity index (χ2v) is 4.02. The van der Waals surface area contributed by atoms with E-state index in [0.717, 1.165) is 6.92 Å². The second kappa shape index (κ2) is 5.28. The zero-order valence-electron chi connectivity index (χ0n) is 10.6. The second-order valence-electron chi connectivity index (χ2n) is 4.02. The summed E-state index contributed by atoms with van der Waals surface area (Å²) in [6.45, 7) is 1.79. The van der Waals surface area contributed by atoms with Crippen LogP contribution in [0.15, 0.2) is 0 Å². The minimum Gasteiger partial charge on any atom is -0.454 e. The van der Waals surface area contributed by atoms with E-state index >= 15 is 0 Å². The van der Waals surface area contributed by atoms with Crippen molar-refractivity contribution in [1.82, 2.24) is 0 Å². The Morgan fingerprint density at radius 1 is 1.53 bits per heavy atom. The van der Waals surface area contributed by atoms with Gasteiger partial charge in [0.15, 0.2) is 6.10 Å². The molecular weight excluding hydrogens is 232 g/mol. The van der Waals surface area contributed by atoms with Gasteiger partial charge in [0.25, 0.3) is 0 Å². The van der Waals surface area contributed by atoms with Crippen molar-refractivity contribution in [3.63, 3.8) is 0 Å². The highest BCUT2D eigenvalue weighted by Gasteiger charge is 2.52. The molecule has 0 saturated carbocycles. The summed E-state index contributed by atoms with van der Waals surface area (Å²) in [7, 11) is 0. The normalized spacial score (nSPS) is 44.9. The van der Waals surface area contributed by atoms with E-state index < -0.39 is 49.2 Å². The molecule has 7 heteroatoms. The quantitative estimate of drug-likeness (QED) is 0.434. The number of aliphatic hydroxyl groups is 4. The molecule has 1 fully saturated rings. The Bertz CT molecular complexity index is 307. The molecule has 17 heavy (non-hydrogen) atoms. The van der Waals surface area contributed by atoms with E-state index in [9.17, 15) is 20.1 Å². The van der Waals surface area contributed by atoms with Crippen LogP contribution >= 0.6 is 0 Å². The third-order valence-electron chi connectivity index (χ3n) is 2.62. The molecule has 6 atom stereocenters. The molecule has 2 unspecified atom stereocenters. The number of ether oxygens (including phenoxy) is 2. The third-order valence-corrected chi connectivity index (χ3v) is 2.62. The number of carbonyl (C=O) groups is 1. The van der Waals surface area contributed by atoms with Gasteiger partial charge in [0.2, 0.25) is 5.79 Å². The van der Waals surface area contributed by atoms with Gasteiger partial charge in [-0.1, -0.05) is 6.92 Å². The molecule has 0 aromatic carbocycles. The van der Waals surface area contributed by atoms with Crippen molar-refractivity contribution >= 4 is 5.97 Å². The zero-order valence-corrected chi connectivity index (χ0v) is 9.61. The summed E-state index contributed by atoms with van der Waals surface area (Å²) in [4.78, 5) is 11.3. The van der Waals surface area contributed by atoms with Crippen molar-refractivity contribution in [2.45, 2.75) is 50.4 Å². The largest absolute Gasteiger partial charge is 0.454 e. The van der Waals surface area contributed by atoms with Crippen molar-refractivity contribution in [1.29, 1.82) is 0 Å². The smallest absolute Gasteiger partial charge is 0.306 e. The molecule has 0 aromatic rings. The van der Waals surface area contributed by atoms with Crippen LogP contribution in [0.25, 0.3) is 0 Å². The van der Waals surface area contributed by atoms with Gasteiger partial charge in [0.1, 0.15) is 18.3 Å². The first-order valence-electron chi connectivity index (χ1n) is 5.78. The van der Waals surface area contributed by atoms with Crippen LogP contribution in [0, 0.1) is 0 Å². The molecule has 4 N–H and O–H groups in total. The van der Waals surface area contributed by atoms with Crippen LogP contribution in [-0.4, -0.2) is 63.2 Å². The molecule has 0 bridgehead atoms. The Hall–Kier alpha value is -0.730. The Morgan fingerprint density at radius 3 is 2.59 bits per heavy atom. The minimum absolute atomic E-state index is 0.607. The van der Waals surface area contributed by atoms with E-state index in [2.05, 4.69) is 0 Å². The Kier molecular flexibility index (Phi) is 3.95. The van der Waals surface area contributed by atoms with Gasteiger partial charge in [0.05, 0.1) is 6.61 Å². The molecule has 0 spiro atoms. The molecular formula is C10H18O7. The number of esters is 1. The number of aliphatic hydroxyl groups excluding tert-OH is 3. The molecule has 0 aromatic heterocycles. The van der Waals surface area contributed by atoms with Crippen LogP contribution in [0.4, 0.5) is 0 Å². The first-order valence-corrected chi connectivity index (χ1v) is 5.20. The van der Waals surface area contributed by atoms with Gasteiger partial charge < -0.3 is 29.9 Å². The molecule has 1 saturated heterocycles. The fraction of sp³-hybridized carbons (Fsp3) is 0.900. The predicted octanol–water partition coefficient (Wildman–Crippen LogP) is -1.87. The van der Waals surface area contributed by atoms with Crippen molar-refractivity contribution in [2.24, 2.45) is 0 Å². The number of hydrogen-bond acceptors (Lipinski definition) is 7. The molecule has 0 aliphatic carbocycles. The standard InChI is InChI=1S/C10H18O7/c1-3-6(12)16-9-8(14)7(13)5(4-11)17-10(9,2)15/h5,7-9,11,13-15H,3-4H2,1-2H3/t5-,7-,8+,9-,10?/m1/s1/i3D/t3?,5-,7-,8+,9-,10?. The van der Waals surface area contributed by atoms with Gasteiger partial charge in [0, 0.05) is 7.77 Å². The summed E-state index contributed by atoms with van der Waals surface area (Å²) in [6.07, 6.45) is -7.03. The van der Waals surface area contributed by atoms with Crippen LogP contribution < -0.4 is 0 Å². The Labute approximate surface area is 100.0 Å². The third kappa shape index (κ3) is 2.93. The van der Waals surface area contributed by atoms with E-state index in [-0.39, 0.29) is 0 Å². The van der Waals surface area contributed by atoms with E-state index in [1.54, 1.807) is 0 Å². The topological polar surface area (TPSA) is 116 Å². The fourth-order valence-electron chi connectivity index (χ4n) is 1.68. The molecule has 0 amide bonds. The Balaban J connectivity index is 2.86. The van der Waals surface area contributed by atoms with Crippen molar-refractivity contribution in [2.75, 3.05) is 6.61 Å². The lowest BCUT2D eigenvalue weighted by Gasteiger charge is -2.45. The molecule has 1 heterocycles. The highest BCUT2D eigenvalue weighted by molar-refractivity contribution is 5.69. The summed E-state index contributed by atoms with van der Waals surface area (Å²) >= 11 is 0. The van der Waals surface area contributed by atoms with Crippen molar-refractivity contribution < 1.29 is 36.1 Å². The van der Waals surface area contributed by atoms with Crippen molar-refractivity contribution in [3.8, 4) is 0 Å². The van der Waals surface area contributed by atoms with E-state index in [0.29, 0.717) is 0 Å². The summed E-state index contributed by atoms with van der Waals surface area (Å²) in [5, 5.41) is 38.2. The SMILES string of the molecule is [2H]C(C)C(=O)O[C@@H]1[C@@H](O)[C@H](O)[C@@H](CO)OC1(C)O.